The molecular formula is C12H12BrClN2O2S. The van der Waals surface area contributed by atoms with E-state index in [0.717, 1.165) is 9.35 Å². The Bertz CT molecular complexity index is 717. The lowest BCUT2D eigenvalue weighted by atomic mass is 10.1. The van der Waals surface area contributed by atoms with Gasteiger partial charge in [0, 0.05) is 14.7 Å². The Balaban J connectivity index is 2.55. The highest BCUT2D eigenvalue weighted by Crippen LogP contribution is 2.20. The molecule has 0 atom stereocenters. The predicted octanol–water partition coefficient (Wildman–Crippen LogP) is 3.19. The summed E-state index contributed by atoms with van der Waals surface area (Å²) in [7, 11) is 0. The van der Waals surface area contributed by atoms with Gasteiger partial charge in [-0.15, -0.1) is 11.3 Å². The minimum Gasteiger partial charge on any atom is -0.297 e. The Morgan fingerprint density at radius 2 is 2.16 bits per heavy atom. The summed E-state index contributed by atoms with van der Waals surface area (Å²) >= 11 is 10.8. The molecule has 7 heteroatoms. The van der Waals surface area contributed by atoms with Gasteiger partial charge in [0.25, 0.3) is 5.56 Å². The maximum absolute atomic E-state index is 12.3. The molecule has 102 valence electrons. The Hall–Kier alpha value is -0.850. The SMILES string of the molecule is CC(C)c1c(Cl)[nH]c(=O)n(Cc2cc(Br)cs2)c1=O. The third kappa shape index (κ3) is 3.01. The van der Waals surface area contributed by atoms with Crippen LogP contribution in [-0.4, -0.2) is 9.55 Å². The topological polar surface area (TPSA) is 54.9 Å². The van der Waals surface area contributed by atoms with Crippen molar-refractivity contribution in [2.24, 2.45) is 0 Å². The summed E-state index contributed by atoms with van der Waals surface area (Å²) < 4.78 is 2.12. The lowest BCUT2D eigenvalue weighted by Gasteiger charge is -2.10. The van der Waals surface area contributed by atoms with Crippen LogP contribution in [0.2, 0.25) is 5.15 Å². The summed E-state index contributed by atoms with van der Waals surface area (Å²) in [6.45, 7) is 3.99. The molecule has 0 bridgehead atoms. The first kappa shape index (κ1) is 14.6. The molecule has 0 aliphatic rings. The van der Waals surface area contributed by atoms with Gasteiger partial charge in [-0.2, -0.15) is 0 Å². The lowest BCUT2D eigenvalue weighted by molar-refractivity contribution is 0.676. The van der Waals surface area contributed by atoms with E-state index in [1.54, 1.807) is 0 Å². The van der Waals surface area contributed by atoms with Gasteiger partial charge in [-0.3, -0.25) is 14.3 Å². The molecule has 0 fully saturated rings. The number of hydrogen-bond donors (Lipinski definition) is 1. The molecule has 2 aromatic rings. The fourth-order valence-corrected chi connectivity index (χ4v) is 3.62. The van der Waals surface area contributed by atoms with Crippen molar-refractivity contribution >= 4 is 38.9 Å². The molecule has 0 unspecified atom stereocenters. The average molecular weight is 364 g/mol. The van der Waals surface area contributed by atoms with Crippen molar-refractivity contribution < 1.29 is 0 Å². The van der Waals surface area contributed by atoms with E-state index in [-0.39, 0.29) is 23.2 Å². The van der Waals surface area contributed by atoms with E-state index in [1.807, 2.05) is 25.3 Å². The van der Waals surface area contributed by atoms with E-state index in [0.29, 0.717) is 5.56 Å². The largest absolute Gasteiger partial charge is 0.329 e. The third-order valence-electron chi connectivity index (χ3n) is 2.69. The molecule has 0 saturated carbocycles. The Morgan fingerprint density at radius 1 is 1.47 bits per heavy atom. The Morgan fingerprint density at radius 3 is 2.68 bits per heavy atom. The Kier molecular flexibility index (Phi) is 4.32. The number of hydrogen-bond acceptors (Lipinski definition) is 3. The second-order valence-electron chi connectivity index (χ2n) is 4.44. The van der Waals surface area contributed by atoms with Gasteiger partial charge in [0.1, 0.15) is 5.15 Å². The highest BCUT2D eigenvalue weighted by Gasteiger charge is 2.16. The monoisotopic (exact) mass is 362 g/mol. The molecule has 1 N–H and O–H groups in total. The number of H-pyrrole nitrogens is 1. The van der Waals surface area contributed by atoms with Gasteiger partial charge in [0.15, 0.2) is 0 Å². The predicted molar refractivity (Wildman–Crippen MR) is 81.5 cm³/mol. The summed E-state index contributed by atoms with van der Waals surface area (Å²) in [5, 5.41) is 2.04. The molecule has 0 aliphatic carbocycles. The second-order valence-corrected chi connectivity index (χ2v) is 6.72. The van der Waals surface area contributed by atoms with Crippen LogP contribution in [0.1, 0.15) is 30.2 Å². The van der Waals surface area contributed by atoms with Gasteiger partial charge in [-0.1, -0.05) is 25.4 Å². The van der Waals surface area contributed by atoms with E-state index in [4.69, 9.17) is 11.6 Å². The molecular weight excluding hydrogens is 352 g/mol. The van der Waals surface area contributed by atoms with Crippen molar-refractivity contribution in [2.45, 2.75) is 26.3 Å². The van der Waals surface area contributed by atoms with Crippen molar-refractivity contribution in [3.8, 4) is 0 Å². The van der Waals surface area contributed by atoms with E-state index < -0.39 is 5.69 Å². The second kappa shape index (κ2) is 5.64. The fourth-order valence-electron chi connectivity index (χ4n) is 1.80. The molecule has 2 rings (SSSR count). The quantitative estimate of drug-likeness (QED) is 0.852. The van der Waals surface area contributed by atoms with E-state index in [2.05, 4.69) is 20.9 Å². The number of nitrogens with zero attached hydrogens (tertiary/aromatic N) is 1. The van der Waals surface area contributed by atoms with Crippen LogP contribution in [0.3, 0.4) is 0 Å². The van der Waals surface area contributed by atoms with Crippen LogP contribution in [-0.2, 0) is 6.54 Å². The minimum absolute atomic E-state index is 0.0434. The molecule has 4 nitrogen and oxygen atoms in total. The zero-order valence-electron chi connectivity index (χ0n) is 10.4. The molecule has 0 saturated heterocycles. The highest BCUT2D eigenvalue weighted by atomic mass is 79.9. The molecule has 0 amide bonds. The van der Waals surface area contributed by atoms with Crippen LogP contribution >= 0.6 is 38.9 Å². The summed E-state index contributed by atoms with van der Waals surface area (Å²) in [6, 6.07) is 1.89. The van der Waals surface area contributed by atoms with Gasteiger partial charge >= 0.3 is 5.69 Å². The Labute approximate surface area is 127 Å². The molecule has 19 heavy (non-hydrogen) atoms. The van der Waals surface area contributed by atoms with Gasteiger partial charge in [-0.05, 0) is 27.9 Å². The fraction of sp³-hybridized carbons (Fsp3) is 0.333. The van der Waals surface area contributed by atoms with Gasteiger partial charge in [0.05, 0.1) is 12.1 Å². The first-order valence-corrected chi connectivity index (χ1v) is 7.70. The number of aromatic nitrogens is 2. The third-order valence-corrected chi connectivity index (χ3v) is 4.67. The average Bonchev–Trinajstić information content (AvgIpc) is 2.69. The van der Waals surface area contributed by atoms with Crippen LogP contribution in [0.15, 0.2) is 25.5 Å². The number of thiophene rings is 1. The molecule has 0 spiro atoms. The molecule has 0 aromatic carbocycles. The van der Waals surface area contributed by atoms with Crippen LogP contribution in [0.5, 0.6) is 0 Å². The van der Waals surface area contributed by atoms with E-state index >= 15 is 0 Å². The smallest absolute Gasteiger partial charge is 0.297 e. The van der Waals surface area contributed by atoms with Crippen LogP contribution in [0, 0.1) is 0 Å². The van der Waals surface area contributed by atoms with Gasteiger partial charge in [-0.25, -0.2) is 4.79 Å². The number of aromatic amines is 1. The van der Waals surface area contributed by atoms with Crippen LogP contribution in [0.4, 0.5) is 0 Å². The van der Waals surface area contributed by atoms with E-state index in [1.165, 1.54) is 15.9 Å². The summed E-state index contributed by atoms with van der Waals surface area (Å²) in [6.07, 6.45) is 0. The lowest BCUT2D eigenvalue weighted by Crippen LogP contribution is -2.37. The molecule has 0 aliphatic heterocycles. The number of rotatable bonds is 3. The number of nitrogens with one attached hydrogen (secondary N) is 1. The first-order valence-electron chi connectivity index (χ1n) is 5.65. The standard InChI is InChI=1S/C12H12BrClN2O2S/c1-6(2)9-10(14)15-12(18)16(11(9)17)4-8-3-7(13)5-19-8/h3,5-6H,4H2,1-2H3,(H,15,18). The molecule has 0 radical (unpaired) electrons. The summed E-state index contributed by atoms with van der Waals surface area (Å²) in [5.41, 5.74) is -0.367. The molecule has 2 aromatic heterocycles. The van der Waals surface area contributed by atoms with E-state index in [9.17, 15) is 9.59 Å². The summed E-state index contributed by atoms with van der Waals surface area (Å²) in [5.74, 6) is -0.0434. The van der Waals surface area contributed by atoms with Crippen LogP contribution in [0.25, 0.3) is 0 Å². The maximum atomic E-state index is 12.3. The van der Waals surface area contributed by atoms with Crippen LogP contribution < -0.4 is 11.2 Å². The van der Waals surface area contributed by atoms with Crippen molar-refractivity contribution in [3.05, 3.63) is 52.4 Å². The van der Waals surface area contributed by atoms with Gasteiger partial charge in [0.2, 0.25) is 0 Å². The minimum atomic E-state index is -0.482. The van der Waals surface area contributed by atoms with Crippen molar-refractivity contribution in [2.75, 3.05) is 0 Å². The molecule has 2 heterocycles. The highest BCUT2D eigenvalue weighted by molar-refractivity contribution is 9.10. The maximum Gasteiger partial charge on any atom is 0.329 e. The number of halogens is 2. The summed E-state index contributed by atoms with van der Waals surface area (Å²) in [4.78, 5) is 27.6. The first-order chi connectivity index (χ1) is 8.90. The van der Waals surface area contributed by atoms with Crippen molar-refractivity contribution in [1.29, 1.82) is 0 Å². The zero-order valence-corrected chi connectivity index (χ0v) is 13.5. The normalized spacial score (nSPS) is 11.2. The van der Waals surface area contributed by atoms with Crippen molar-refractivity contribution in [3.63, 3.8) is 0 Å². The zero-order chi connectivity index (χ0) is 14.2. The van der Waals surface area contributed by atoms with Crippen molar-refractivity contribution in [1.82, 2.24) is 9.55 Å². The van der Waals surface area contributed by atoms with Gasteiger partial charge < -0.3 is 0 Å².